The lowest BCUT2D eigenvalue weighted by atomic mass is 10.0. The minimum atomic E-state index is 0.335. The SMILES string of the molecule is CCCCCNc1nc(N)nc(C)c1Cc1ccc(I)cc1. The summed E-state index contributed by atoms with van der Waals surface area (Å²) in [4.78, 5) is 8.72. The summed E-state index contributed by atoms with van der Waals surface area (Å²) in [5.41, 5.74) is 9.15. The summed E-state index contributed by atoms with van der Waals surface area (Å²) in [7, 11) is 0. The summed E-state index contributed by atoms with van der Waals surface area (Å²) in [6.45, 7) is 5.12. The van der Waals surface area contributed by atoms with Crippen LogP contribution in [0.1, 0.15) is 43.0 Å². The van der Waals surface area contributed by atoms with Gasteiger partial charge in [-0.3, -0.25) is 0 Å². The molecular formula is C17H23IN4. The smallest absolute Gasteiger partial charge is 0.222 e. The van der Waals surface area contributed by atoms with Gasteiger partial charge in [-0.1, -0.05) is 31.9 Å². The van der Waals surface area contributed by atoms with Gasteiger partial charge in [0, 0.05) is 27.8 Å². The van der Waals surface area contributed by atoms with Crippen molar-refractivity contribution in [1.82, 2.24) is 9.97 Å². The third kappa shape index (κ3) is 4.83. The second-order valence-corrected chi connectivity index (χ2v) is 6.68. The maximum Gasteiger partial charge on any atom is 0.222 e. The number of nitrogens with one attached hydrogen (secondary N) is 1. The van der Waals surface area contributed by atoms with Gasteiger partial charge in [-0.15, -0.1) is 0 Å². The number of rotatable bonds is 7. The molecule has 0 atom stereocenters. The molecule has 0 spiro atoms. The zero-order chi connectivity index (χ0) is 15.9. The molecule has 0 saturated carbocycles. The Balaban J connectivity index is 2.18. The number of hydrogen-bond donors (Lipinski definition) is 2. The summed E-state index contributed by atoms with van der Waals surface area (Å²) >= 11 is 2.32. The maximum absolute atomic E-state index is 5.81. The Morgan fingerprint density at radius 3 is 2.55 bits per heavy atom. The first kappa shape index (κ1) is 17.0. The molecule has 0 aliphatic carbocycles. The Morgan fingerprint density at radius 1 is 1.14 bits per heavy atom. The van der Waals surface area contributed by atoms with Crippen LogP contribution in [0.25, 0.3) is 0 Å². The van der Waals surface area contributed by atoms with Crippen molar-refractivity contribution < 1.29 is 0 Å². The van der Waals surface area contributed by atoms with Crippen molar-refractivity contribution in [1.29, 1.82) is 0 Å². The molecule has 0 fully saturated rings. The highest BCUT2D eigenvalue weighted by Crippen LogP contribution is 2.22. The van der Waals surface area contributed by atoms with E-state index in [-0.39, 0.29) is 0 Å². The lowest BCUT2D eigenvalue weighted by Crippen LogP contribution is -2.11. The Labute approximate surface area is 146 Å². The number of halogens is 1. The number of nitrogen functional groups attached to an aromatic ring is 1. The highest BCUT2D eigenvalue weighted by atomic mass is 127. The normalized spacial score (nSPS) is 10.7. The van der Waals surface area contributed by atoms with Gasteiger partial charge in [0.1, 0.15) is 5.82 Å². The topological polar surface area (TPSA) is 63.8 Å². The van der Waals surface area contributed by atoms with Crippen LogP contribution in [0.2, 0.25) is 0 Å². The molecule has 0 amide bonds. The van der Waals surface area contributed by atoms with Crippen LogP contribution in [0.15, 0.2) is 24.3 Å². The van der Waals surface area contributed by atoms with E-state index >= 15 is 0 Å². The fourth-order valence-corrected chi connectivity index (χ4v) is 2.72. The quantitative estimate of drug-likeness (QED) is 0.532. The van der Waals surface area contributed by atoms with Gasteiger partial charge in [0.15, 0.2) is 0 Å². The first-order chi connectivity index (χ1) is 10.6. The monoisotopic (exact) mass is 410 g/mol. The van der Waals surface area contributed by atoms with Crippen LogP contribution in [0.4, 0.5) is 11.8 Å². The van der Waals surface area contributed by atoms with E-state index in [9.17, 15) is 0 Å². The average Bonchev–Trinajstić information content (AvgIpc) is 2.49. The van der Waals surface area contributed by atoms with Crippen molar-refractivity contribution in [2.45, 2.75) is 39.5 Å². The summed E-state index contributed by atoms with van der Waals surface area (Å²) < 4.78 is 1.24. The fourth-order valence-electron chi connectivity index (χ4n) is 2.36. The van der Waals surface area contributed by atoms with E-state index in [1.165, 1.54) is 22.0 Å². The number of unbranched alkanes of at least 4 members (excludes halogenated alkanes) is 2. The average molecular weight is 410 g/mol. The molecule has 0 unspecified atom stereocenters. The zero-order valence-corrected chi connectivity index (χ0v) is 15.4. The maximum atomic E-state index is 5.81. The van der Waals surface area contributed by atoms with Crippen molar-refractivity contribution in [3.8, 4) is 0 Å². The van der Waals surface area contributed by atoms with E-state index in [2.05, 4.69) is 69.1 Å². The van der Waals surface area contributed by atoms with Gasteiger partial charge in [0.2, 0.25) is 5.95 Å². The lowest BCUT2D eigenvalue weighted by Gasteiger charge is -2.14. The minimum Gasteiger partial charge on any atom is -0.370 e. The molecule has 0 aliphatic rings. The van der Waals surface area contributed by atoms with Gasteiger partial charge in [-0.2, -0.15) is 4.98 Å². The number of hydrogen-bond acceptors (Lipinski definition) is 4. The van der Waals surface area contributed by atoms with Crippen LogP contribution in [0.3, 0.4) is 0 Å². The van der Waals surface area contributed by atoms with Crippen LogP contribution in [-0.2, 0) is 6.42 Å². The predicted molar refractivity (Wildman–Crippen MR) is 101 cm³/mol. The first-order valence-electron chi connectivity index (χ1n) is 7.71. The molecule has 4 nitrogen and oxygen atoms in total. The van der Waals surface area contributed by atoms with Gasteiger partial charge in [0.25, 0.3) is 0 Å². The molecule has 0 saturated heterocycles. The number of anilines is 2. The second-order valence-electron chi connectivity index (χ2n) is 5.43. The second kappa shape index (κ2) is 8.31. The molecular weight excluding hydrogens is 387 g/mol. The number of aryl methyl sites for hydroxylation is 1. The molecule has 0 aliphatic heterocycles. The summed E-state index contributed by atoms with van der Waals surface area (Å²) in [5.74, 6) is 1.21. The fraction of sp³-hybridized carbons (Fsp3) is 0.412. The van der Waals surface area contributed by atoms with Crippen LogP contribution in [0, 0.1) is 10.5 Å². The lowest BCUT2D eigenvalue weighted by molar-refractivity contribution is 0.741. The third-order valence-corrected chi connectivity index (χ3v) is 4.32. The Bertz CT molecular complexity index is 611. The van der Waals surface area contributed by atoms with E-state index in [0.29, 0.717) is 5.95 Å². The van der Waals surface area contributed by atoms with Gasteiger partial charge in [-0.05, 0) is 53.6 Å². The predicted octanol–water partition coefficient (Wildman–Crippen LogP) is 4.16. The molecule has 5 heteroatoms. The number of benzene rings is 1. The summed E-state index contributed by atoms with van der Waals surface area (Å²) in [6.07, 6.45) is 4.39. The molecule has 0 bridgehead atoms. The third-order valence-electron chi connectivity index (χ3n) is 3.60. The standard InChI is InChI=1S/C17H23IN4/c1-3-4-5-10-20-16-15(12(2)21-17(19)22-16)11-13-6-8-14(18)9-7-13/h6-9H,3-5,10-11H2,1-2H3,(H3,19,20,21,22). The van der Waals surface area contributed by atoms with Crippen LogP contribution < -0.4 is 11.1 Å². The van der Waals surface area contributed by atoms with E-state index in [1.54, 1.807) is 0 Å². The van der Waals surface area contributed by atoms with E-state index < -0.39 is 0 Å². The largest absolute Gasteiger partial charge is 0.370 e. The first-order valence-corrected chi connectivity index (χ1v) is 8.79. The van der Waals surface area contributed by atoms with Gasteiger partial charge >= 0.3 is 0 Å². The molecule has 0 radical (unpaired) electrons. The van der Waals surface area contributed by atoms with Crippen LogP contribution in [-0.4, -0.2) is 16.5 Å². The van der Waals surface area contributed by atoms with Gasteiger partial charge in [-0.25, -0.2) is 4.98 Å². The van der Waals surface area contributed by atoms with E-state index in [4.69, 9.17) is 5.73 Å². The number of aromatic nitrogens is 2. The van der Waals surface area contributed by atoms with Crippen LogP contribution in [0.5, 0.6) is 0 Å². The molecule has 1 aromatic carbocycles. The Hall–Kier alpha value is -1.37. The zero-order valence-electron chi connectivity index (χ0n) is 13.2. The van der Waals surface area contributed by atoms with Gasteiger partial charge in [0.05, 0.1) is 0 Å². The molecule has 2 rings (SSSR count). The Kier molecular flexibility index (Phi) is 6.42. The van der Waals surface area contributed by atoms with Gasteiger partial charge < -0.3 is 11.1 Å². The number of nitrogens with two attached hydrogens (primary N) is 1. The summed E-state index contributed by atoms with van der Waals surface area (Å²) in [5, 5.41) is 3.43. The highest BCUT2D eigenvalue weighted by molar-refractivity contribution is 14.1. The summed E-state index contributed by atoms with van der Waals surface area (Å²) in [6, 6.07) is 8.55. The molecule has 118 valence electrons. The molecule has 22 heavy (non-hydrogen) atoms. The van der Waals surface area contributed by atoms with Crippen molar-refractivity contribution >= 4 is 34.4 Å². The van der Waals surface area contributed by atoms with Crippen molar-refractivity contribution in [2.24, 2.45) is 0 Å². The molecule has 2 aromatic rings. The van der Waals surface area contributed by atoms with E-state index in [0.717, 1.165) is 36.5 Å². The number of nitrogens with zero attached hydrogens (tertiary/aromatic N) is 2. The van der Waals surface area contributed by atoms with E-state index in [1.807, 2.05) is 6.92 Å². The van der Waals surface area contributed by atoms with Crippen molar-refractivity contribution in [3.05, 3.63) is 44.7 Å². The van der Waals surface area contributed by atoms with Crippen molar-refractivity contribution in [2.75, 3.05) is 17.6 Å². The molecule has 3 N–H and O–H groups in total. The molecule has 1 aromatic heterocycles. The highest BCUT2D eigenvalue weighted by Gasteiger charge is 2.11. The minimum absolute atomic E-state index is 0.335. The Morgan fingerprint density at radius 2 is 1.86 bits per heavy atom. The van der Waals surface area contributed by atoms with Crippen LogP contribution >= 0.6 is 22.6 Å². The van der Waals surface area contributed by atoms with Crippen molar-refractivity contribution in [3.63, 3.8) is 0 Å². The molecule has 1 heterocycles.